The molecule has 1 aromatic carbocycles. The van der Waals surface area contributed by atoms with E-state index < -0.39 is 11.0 Å². The number of anilines is 1. The normalized spacial score (nSPS) is 12.0. The summed E-state index contributed by atoms with van der Waals surface area (Å²) in [6.07, 6.45) is 0. The third-order valence-corrected chi connectivity index (χ3v) is 2.63. The Morgan fingerprint density at radius 2 is 2.16 bits per heavy atom. The highest BCUT2D eigenvalue weighted by Gasteiger charge is 2.15. The van der Waals surface area contributed by atoms with Crippen molar-refractivity contribution in [3.8, 4) is 0 Å². The first kappa shape index (κ1) is 14.9. The summed E-state index contributed by atoms with van der Waals surface area (Å²) in [4.78, 5) is 21.7. The first-order chi connectivity index (χ1) is 8.93. The van der Waals surface area contributed by atoms with E-state index in [1.165, 1.54) is 18.2 Å². The van der Waals surface area contributed by atoms with Gasteiger partial charge in [-0.1, -0.05) is 19.9 Å². The molecule has 104 valence electrons. The molecule has 0 aliphatic carbocycles. The van der Waals surface area contributed by atoms with E-state index in [4.69, 9.17) is 5.11 Å². The standard InChI is InChI=1S/C12H17N3O4/c1-8(2)11(7-16)14-12(17)13-9-4-3-5-10(6-9)15(18)19/h3-6,8,11,16H,7H2,1-2H3,(H2,13,14,17)/t11-/m1/s1. The molecule has 1 aromatic rings. The topological polar surface area (TPSA) is 104 Å². The lowest BCUT2D eigenvalue weighted by Gasteiger charge is -2.20. The second kappa shape index (κ2) is 6.69. The van der Waals surface area contributed by atoms with Crippen molar-refractivity contribution < 1.29 is 14.8 Å². The summed E-state index contributed by atoms with van der Waals surface area (Å²) in [7, 11) is 0. The molecule has 2 amide bonds. The van der Waals surface area contributed by atoms with Crippen molar-refractivity contribution in [3.63, 3.8) is 0 Å². The van der Waals surface area contributed by atoms with Gasteiger partial charge in [0.15, 0.2) is 0 Å². The summed E-state index contributed by atoms with van der Waals surface area (Å²) in [5.41, 5.74) is 0.229. The number of aliphatic hydroxyl groups excluding tert-OH is 1. The number of non-ortho nitro benzene ring substituents is 1. The van der Waals surface area contributed by atoms with E-state index in [1.807, 2.05) is 13.8 Å². The van der Waals surface area contributed by atoms with Gasteiger partial charge < -0.3 is 15.7 Å². The lowest BCUT2D eigenvalue weighted by atomic mass is 10.1. The highest BCUT2D eigenvalue weighted by molar-refractivity contribution is 5.89. The van der Waals surface area contributed by atoms with Crippen LogP contribution in [0.25, 0.3) is 0 Å². The van der Waals surface area contributed by atoms with E-state index in [0.29, 0.717) is 5.69 Å². The Morgan fingerprint density at radius 1 is 1.47 bits per heavy atom. The molecule has 1 rings (SSSR count). The molecule has 0 radical (unpaired) electrons. The molecular weight excluding hydrogens is 250 g/mol. The molecule has 0 fully saturated rings. The van der Waals surface area contributed by atoms with Crippen molar-refractivity contribution in [2.75, 3.05) is 11.9 Å². The van der Waals surface area contributed by atoms with Gasteiger partial charge in [-0.05, 0) is 12.0 Å². The molecule has 1 atom stereocenters. The Hall–Kier alpha value is -2.15. The van der Waals surface area contributed by atoms with Crippen LogP contribution in [0.1, 0.15) is 13.8 Å². The van der Waals surface area contributed by atoms with Gasteiger partial charge in [0.05, 0.1) is 17.6 Å². The second-order valence-corrected chi connectivity index (χ2v) is 4.44. The lowest BCUT2D eigenvalue weighted by Crippen LogP contribution is -2.43. The number of nitro benzene ring substituents is 1. The highest BCUT2D eigenvalue weighted by atomic mass is 16.6. The fourth-order valence-corrected chi connectivity index (χ4v) is 1.46. The molecule has 3 N–H and O–H groups in total. The maximum Gasteiger partial charge on any atom is 0.319 e. The Labute approximate surface area is 110 Å². The van der Waals surface area contributed by atoms with Crippen LogP contribution in [0.4, 0.5) is 16.2 Å². The number of hydrogen-bond donors (Lipinski definition) is 3. The summed E-state index contributed by atoms with van der Waals surface area (Å²) in [6, 6.07) is 4.78. The fourth-order valence-electron chi connectivity index (χ4n) is 1.46. The Kier molecular flexibility index (Phi) is 5.25. The number of hydrogen-bond acceptors (Lipinski definition) is 4. The number of aliphatic hydroxyl groups is 1. The van der Waals surface area contributed by atoms with Crippen LogP contribution in [0.3, 0.4) is 0 Å². The van der Waals surface area contributed by atoms with Crippen molar-refractivity contribution in [3.05, 3.63) is 34.4 Å². The molecule has 0 aliphatic rings. The number of rotatable bonds is 5. The van der Waals surface area contributed by atoms with Crippen LogP contribution in [-0.4, -0.2) is 28.7 Å². The predicted octanol–water partition coefficient (Wildman–Crippen LogP) is 1.73. The number of amides is 2. The van der Waals surface area contributed by atoms with Gasteiger partial charge in [-0.3, -0.25) is 10.1 Å². The molecule has 0 bridgehead atoms. The van der Waals surface area contributed by atoms with Crippen molar-refractivity contribution >= 4 is 17.4 Å². The van der Waals surface area contributed by atoms with Gasteiger partial charge in [0, 0.05) is 17.8 Å². The summed E-state index contributed by atoms with van der Waals surface area (Å²) < 4.78 is 0. The maximum absolute atomic E-state index is 11.7. The molecule has 7 heteroatoms. The van der Waals surface area contributed by atoms with Crippen molar-refractivity contribution in [1.82, 2.24) is 5.32 Å². The minimum absolute atomic E-state index is 0.0841. The number of urea groups is 1. The van der Waals surface area contributed by atoms with Crippen LogP contribution in [0.5, 0.6) is 0 Å². The monoisotopic (exact) mass is 267 g/mol. The van der Waals surface area contributed by atoms with Crippen molar-refractivity contribution in [1.29, 1.82) is 0 Å². The zero-order valence-electron chi connectivity index (χ0n) is 10.8. The number of benzene rings is 1. The van der Waals surface area contributed by atoms with Crippen LogP contribution in [0, 0.1) is 16.0 Å². The summed E-state index contributed by atoms with van der Waals surface area (Å²) in [6.45, 7) is 3.57. The Balaban J connectivity index is 2.66. The lowest BCUT2D eigenvalue weighted by molar-refractivity contribution is -0.384. The molecule has 19 heavy (non-hydrogen) atoms. The second-order valence-electron chi connectivity index (χ2n) is 4.44. The number of nitrogens with one attached hydrogen (secondary N) is 2. The van der Waals surface area contributed by atoms with E-state index >= 15 is 0 Å². The van der Waals surface area contributed by atoms with Gasteiger partial charge in [0.1, 0.15) is 0 Å². The summed E-state index contributed by atoms with van der Waals surface area (Å²) in [5, 5.41) is 24.8. The minimum atomic E-state index is -0.534. The molecule has 7 nitrogen and oxygen atoms in total. The fraction of sp³-hybridized carbons (Fsp3) is 0.417. The van der Waals surface area contributed by atoms with E-state index in [9.17, 15) is 14.9 Å². The highest BCUT2D eigenvalue weighted by Crippen LogP contribution is 2.16. The van der Waals surface area contributed by atoms with E-state index in [0.717, 1.165) is 0 Å². The van der Waals surface area contributed by atoms with Crippen LogP contribution < -0.4 is 10.6 Å². The molecule has 0 heterocycles. The maximum atomic E-state index is 11.7. The first-order valence-corrected chi connectivity index (χ1v) is 5.87. The third kappa shape index (κ3) is 4.55. The summed E-state index contributed by atoms with van der Waals surface area (Å²) in [5.74, 6) is 0.0841. The molecule has 0 saturated carbocycles. The van der Waals surface area contributed by atoms with Crippen molar-refractivity contribution in [2.24, 2.45) is 5.92 Å². The largest absolute Gasteiger partial charge is 0.394 e. The summed E-state index contributed by atoms with van der Waals surface area (Å²) >= 11 is 0. The van der Waals surface area contributed by atoms with Crippen LogP contribution in [0.2, 0.25) is 0 Å². The Morgan fingerprint density at radius 3 is 2.68 bits per heavy atom. The van der Waals surface area contributed by atoms with Gasteiger partial charge in [-0.15, -0.1) is 0 Å². The molecular formula is C12H17N3O4. The van der Waals surface area contributed by atoms with Crippen molar-refractivity contribution in [2.45, 2.75) is 19.9 Å². The molecule has 0 saturated heterocycles. The first-order valence-electron chi connectivity index (χ1n) is 5.87. The van der Waals surface area contributed by atoms with Crippen LogP contribution in [0.15, 0.2) is 24.3 Å². The number of carbonyl (C=O) groups is 1. The van der Waals surface area contributed by atoms with Gasteiger partial charge >= 0.3 is 6.03 Å². The zero-order valence-corrected chi connectivity index (χ0v) is 10.8. The molecule has 0 unspecified atom stereocenters. The number of nitrogens with zero attached hydrogens (tertiary/aromatic N) is 1. The van der Waals surface area contributed by atoms with Gasteiger partial charge in [-0.25, -0.2) is 4.79 Å². The number of nitro groups is 1. The zero-order chi connectivity index (χ0) is 14.4. The van der Waals surface area contributed by atoms with Crippen LogP contribution >= 0.6 is 0 Å². The molecule has 0 spiro atoms. The van der Waals surface area contributed by atoms with Crippen LogP contribution in [-0.2, 0) is 0 Å². The van der Waals surface area contributed by atoms with E-state index in [1.54, 1.807) is 6.07 Å². The SMILES string of the molecule is CC(C)[C@@H](CO)NC(=O)Nc1cccc([N+](=O)[O-])c1. The predicted molar refractivity (Wildman–Crippen MR) is 71.0 cm³/mol. The average Bonchev–Trinajstić information content (AvgIpc) is 2.35. The van der Waals surface area contributed by atoms with E-state index in [-0.39, 0.29) is 24.3 Å². The van der Waals surface area contributed by atoms with Gasteiger partial charge in [-0.2, -0.15) is 0 Å². The van der Waals surface area contributed by atoms with Gasteiger partial charge in [0.25, 0.3) is 5.69 Å². The Bertz CT molecular complexity index is 462. The van der Waals surface area contributed by atoms with E-state index in [2.05, 4.69) is 10.6 Å². The molecule has 0 aliphatic heterocycles. The van der Waals surface area contributed by atoms with Gasteiger partial charge in [0.2, 0.25) is 0 Å². The minimum Gasteiger partial charge on any atom is -0.394 e. The molecule has 0 aromatic heterocycles. The quantitative estimate of drug-likeness (QED) is 0.558. The smallest absolute Gasteiger partial charge is 0.319 e. The third-order valence-electron chi connectivity index (χ3n) is 2.63. The average molecular weight is 267 g/mol. The number of carbonyl (C=O) groups excluding carboxylic acids is 1.